The predicted octanol–water partition coefficient (Wildman–Crippen LogP) is 2.98. The molecule has 0 aliphatic carbocycles. The van der Waals surface area contributed by atoms with Crippen LogP contribution in [0.25, 0.3) is 0 Å². The van der Waals surface area contributed by atoms with E-state index in [1.54, 1.807) is 6.07 Å². The van der Waals surface area contributed by atoms with E-state index in [2.05, 4.69) is 18.7 Å². The lowest BCUT2D eigenvalue weighted by Crippen LogP contribution is -2.38. The number of halogens is 2. The quantitative estimate of drug-likeness (QED) is 0.851. The maximum atomic E-state index is 12.6. The van der Waals surface area contributed by atoms with Crippen molar-refractivity contribution in [2.24, 2.45) is 0 Å². The standard InChI is InChI=1S/C16H25N3O.2ClH/c1-4-18(5-2)14-8-9-19(11-14)16(20)15-10-13(17)7-6-12(15)3;;/h6-7,10,14H,4-5,8-9,11,17H2,1-3H3;2*1H. The third kappa shape index (κ3) is 4.51. The lowest BCUT2D eigenvalue weighted by Gasteiger charge is -2.26. The molecule has 0 saturated carbocycles. The first-order valence-electron chi connectivity index (χ1n) is 7.46. The monoisotopic (exact) mass is 347 g/mol. The van der Waals surface area contributed by atoms with E-state index in [9.17, 15) is 4.79 Å². The number of anilines is 1. The Hall–Kier alpha value is -0.970. The highest BCUT2D eigenvalue weighted by atomic mass is 35.5. The lowest BCUT2D eigenvalue weighted by atomic mass is 10.1. The number of likely N-dealkylation sites (N-methyl/N-ethyl adjacent to an activating group) is 1. The number of hydrogen-bond acceptors (Lipinski definition) is 3. The number of aryl methyl sites for hydroxylation is 1. The predicted molar refractivity (Wildman–Crippen MR) is 97.3 cm³/mol. The van der Waals surface area contributed by atoms with E-state index in [0.717, 1.165) is 43.7 Å². The fraction of sp³-hybridized carbons (Fsp3) is 0.562. The van der Waals surface area contributed by atoms with Crippen molar-refractivity contribution in [3.05, 3.63) is 29.3 Å². The van der Waals surface area contributed by atoms with Gasteiger partial charge in [-0.25, -0.2) is 0 Å². The lowest BCUT2D eigenvalue weighted by molar-refractivity contribution is 0.0777. The summed E-state index contributed by atoms with van der Waals surface area (Å²) < 4.78 is 0. The van der Waals surface area contributed by atoms with Crippen LogP contribution in [0.2, 0.25) is 0 Å². The van der Waals surface area contributed by atoms with Gasteiger partial charge in [-0.2, -0.15) is 0 Å². The zero-order valence-electron chi connectivity index (χ0n) is 13.5. The first-order chi connectivity index (χ1) is 9.56. The van der Waals surface area contributed by atoms with E-state index in [4.69, 9.17) is 5.73 Å². The van der Waals surface area contributed by atoms with E-state index in [1.807, 2.05) is 24.0 Å². The molecule has 0 aromatic heterocycles. The SMILES string of the molecule is CCN(CC)C1CCN(C(=O)c2cc(N)ccc2C)C1.Cl.Cl. The van der Waals surface area contributed by atoms with Gasteiger partial charge in [0.25, 0.3) is 5.91 Å². The summed E-state index contributed by atoms with van der Waals surface area (Å²) in [4.78, 5) is 17.0. The average molecular weight is 348 g/mol. The Morgan fingerprint density at radius 1 is 1.32 bits per heavy atom. The minimum absolute atomic E-state index is 0. The normalized spacial score (nSPS) is 17.1. The first kappa shape index (κ1) is 21.0. The van der Waals surface area contributed by atoms with Gasteiger partial charge in [0.15, 0.2) is 0 Å². The highest BCUT2D eigenvalue weighted by Gasteiger charge is 2.30. The molecule has 2 rings (SSSR count). The van der Waals surface area contributed by atoms with E-state index in [-0.39, 0.29) is 30.7 Å². The van der Waals surface area contributed by atoms with Crippen molar-refractivity contribution in [3.8, 4) is 0 Å². The van der Waals surface area contributed by atoms with Crippen LogP contribution in [0, 0.1) is 6.92 Å². The summed E-state index contributed by atoms with van der Waals surface area (Å²) in [6, 6.07) is 6.05. The third-order valence-corrected chi connectivity index (χ3v) is 4.27. The molecule has 1 aliphatic heterocycles. The van der Waals surface area contributed by atoms with E-state index in [0.29, 0.717) is 11.7 Å². The van der Waals surface area contributed by atoms with Crippen LogP contribution in [0.3, 0.4) is 0 Å². The molecule has 126 valence electrons. The first-order valence-corrected chi connectivity index (χ1v) is 7.46. The Morgan fingerprint density at radius 2 is 1.95 bits per heavy atom. The van der Waals surface area contributed by atoms with Gasteiger partial charge in [0, 0.05) is 30.4 Å². The molecule has 4 nitrogen and oxygen atoms in total. The maximum Gasteiger partial charge on any atom is 0.254 e. The summed E-state index contributed by atoms with van der Waals surface area (Å²) in [6.45, 7) is 10.1. The van der Waals surface area contributed by atoms with E-state index >= 15 is 0 Å². The van der Waals surface area contributed by atoms with Crippen LogP contribution in [0.1, 0.15) is 36.2 Å². The van der Waals surface area contributed by atoms with Gasteiger partial charge in [0.1, 0.15) is 0 Å². The molecule has 2 N–H and O–H groups in total. The Kier molecular flexibility index (Phi) is 8.83. The Balaban J connectivity index is 0.00000220. The molecular weight excluding hydrogens is 321 g/mol. The average Bonchev–Trinajstić information content (AvgIpc) is 2.92. The zero-order chi connectivity index (χ0) is 14.7. The minimum Gasteiger partial charge on any atom is -0.399 e. The van der Waals surface area contributed by atoms with Gasteiger partial charge in [0.2, 0.25) is 0 Å². The van der Waals surface area contributed by atoms with Crippen molar-refractivity contribution in [2.45, 2.75) is 33.2 Å². The maximum absolute atomic E-state index is 12.6. The minimum atomic E-state index is 0. The molecule has 1 aromatic rings. The Morgan fingerprint density at radius 3 is 2.55 bits per heavy atom. The molecule has 0 bridgehead atoms. The number of carbonyl (C=O) groups is 1. The molecule has 1 saturated heterocycles. The third-order valence-electron chi connectivity index (χ3n) is 4.27. The molecule has 1 unspecified atom stereocenters. The zero-order valence-corrected chi connectivity index (χ0v) is 15.2. The molecule has 1 atom stereocenters. The molecule has 1 aromatic carbocycles. The van der Waals surface area contributed by atoms with Crippen molar-refractivity contribution in [2.75, 3.05) is 31.9 Å². The van der Waals surface area contributed by atoms with Crippen molar-refractivity contribution >= 4 is 36.4 Å². The molecule has 0 spiro atoms. The van der Waals surface area contributed by atoms with E-state index < -0.39 is 0 Å². The van der Waals surface area contributed by atoms with Gasteiger partial charge in [-0.15, -0.1) is 24.8 Å². The number of rotatable bonds is 4. The van der Waals surface area contributed by atoms with Crippen molar-refractivity contribution in [1.82, 2.24) is 9.80 Å². The Bertz CT molecular complexity index is 492. The van der Waals surface area contributed by atoms with Gasteiger partial charge in [-0.3, -0.25) is 9.69 Å². The molecular formula is C16H27Cl2N3O. The number of nitrogens with two attached hydrogens (primary N) is 1. The Labute approximate surface area is 145 Å². The molecule has 0 radical (unpaired) electrons. The van der Waals surface area contributed by atoms with Crippen LogP contribution in [-0.4, -0.2) is 47.9 Å². The molecule has 1 fully saturated rings. The molecule has 1 heterocycles. The van der Waals surface area contributed by atoms with Crippen LogP contribution in [-0.2, 0) is 0 Å². The van der Waals surface area contributed by atoms with Crippen LogP contribution in [0.4, 0.5) is 5.69 Å². The second kappa shape index (κ2) is 9.23. The summed E-state index contributed by atoms with van der Waals surface area (Å²) in [7, 11) is 0. The molecule has 6 heteroatoms. The summed E-state index contributed by atoms with van der Waals surface area (Å²) >= 11 is 0. The van der Waals surface area contributed by atoms with Crippen molar-refractivity contribution in [1.29, 1.82) is 0 Å². The molecule has 1 aliphatic rings. The van der Waals surface area contributed by atoms with Gasteiger partial charge in [-0.05, 0) is 44.1 Å². The summed E-state index contributed by atoms with van der Waals surface area (Å²) in [5.74, 6) is 0.115. The van der Waals surface area contributed by atoms with Crippen molar-refractivity contribution < 1.29 is 4.79 Å². The number of carbonyl (C=O) groups excluding carboxylic acids is 1. The largest absolute Gasteiger partial charge is 0.399 e. The molecule has 1 amide bonds. The second-order valence-electron chi connectivity index (χ2n) is 5.49. The smallest absolute Gasteiger partial charge is 0.254 e. The van der Waals surface area contributed by atoms with Crippen LogP contribution < -0.4 is 5.73 Å². The summed E-state index contributed by atoms with van der Waals surface area (Å²) in [5, 5.41) is 0. The van der Waals surface area contributed by atoms with E-state index in [1.165, 1.54) is 0 Å². The number of benzene rings is 1. The second-order valence-corrected chi connectivity index (χ2v) is 5.49. The summed E-state index contributed by atoms with van der Waals surface area (Å²) in [5.41, 5.74) is 8.19. The highest BCUT2D eigenvalue weighted by molar-refractivity contribution is 5.96. The number of nitrogen functional groups attached to an aromatic ring is 1. The number of nitrogens with zero attached hydrogens (tertiary/aromatic N) is 2. The van der Waals surface area contributed by atoms with Crippen LogP contribution in [0.15, 0.2) is 18.2 Å². The van der Waals surface area contributed by atoms with Crippen molar-refractivity contribution in [3.63, 3.8) is 0 Å². The van der Waals surface area contributed by atoms with Gasteiger partial charge in [0.05, 0.1) is 0 Å². The van der Waals surface area contributed by atoms with Gasteiger partial charge >= 0.3 is 0 Å². The number of likely N-dealkylation sites (tertiary alicyclic amines) is 1. The number of hydrogen-bond donors (Lipinski definition) is 1. The topological polar surface area (TPSA) is 49.6 Å². The van der Waals surface area contributed by atoms with Gasteiger partial charge in [-0.1, -0.05) is 19.9 Å². The van der Waals surface area contributed by atoms with Gasteiger partial charge < -0.3 is 10.6 Å². The molecule has 22 heavy (non-hydrogen) atoms. The summed E-state index contributed by atoms with van der Waals surface area (Å²) in [6.07, 6.45) is 1.06. The highest BCUT2D eigenvalue weighted by Crippen LogP contribution is 2.21. The van der Waals surface area contributed by atoms with Crippen LogP contribution >= 0.6 is 24.8 Å². The van der Waals surface area contributed by atoms with Crippen LogP contribution in [0.5, 0.6) is 0 Å². The fourth-order valence-electron chi connectivity index (χ4n) is 3.00. The number of amides is 1. The fourth-order valence-corrected chi connectivity index (χ4v) is 3.00.